The fourth-order valence-electron chi connectivity index (χ4n) is 2.04. The molecule has 2 N–H and O–H groups in total. The minimum Gasteiger partial charge on any atom is -0.478 e. The topological polar surface area (TPSA) is 71.5 Å². The third-order valence-corrected chi connectivity index (χ3v) is 3.28. The van der Waals surface area contributed by atoms with Crippen LogP contribution < -0.4 is 5.32 Å². The number of nitrogens with one attached hydrogen (secondary N) is 1. The van der Waals surface area contributed by atoms with Crippen molar-refractivity contribution < 1.29 is 14.6 Å². The van der Waals surface area contributed by atoms with Crippen LogP contribution in [0.4, 0.5) is 5.69 Å². The molecule has 0 bridgehead atoms. The lowest BCUT2D eigenvalue weighted by Crippen LogP contribution is -2.25. The van der Waals surface area contributed by atoms with E-state index >= 15 is 0 Å². The third-order valence-electron chi connectivity index (χ3n) is 3.28. The Morgan fingerprint density at radius 1 is 1.45 bits per heavy atom. The number of carboxylic acids is 1. The molecule has 5 nitrogen and oxygen atoms in total. The summed E-state index contributed by atoms with van der Waals surface area (Å²) in [5.74, 6) is -0.952. The molecule has 0 aliphatic carbocycles. The van der Waals surface area contributed by atoms with E-state index in [-0.39, 0.29) is 11.0 Å². The van der Waals surface area contributed by atoms with E-state index in [9.17, 15) is 9.90 Å². The summed E-state index contributed by atoms with van der Waals surface area (Å²) < 4.78 is 5.10. The fourth-order valence-corrected chi connectivity index (χ4v) is 2.04. The zero-order chi connectivity index (χ0) is 15.3. The first kappa shape index (κ1) is 16.4. The second-order valence-electron chi connectivity index (χ2n) is 5.84. The van der Waals surface area contributed by atoms with Crippen molar-refractivity contribution in [3.63, 3.8) is 0 Å². The van der Waals surface area contributed by atoms with Crippen molar-refractivity contribution in [2.75, 3.05) is 25.6 Å². The number of aromatic nitrogens is 1. The van der Waals surface area contributed by atoms with E-state index in [2.05, 4.69) is 24.1 Å². The maximum absolute atomic E-state index is 11.4. The number of carbonyl (C=O) groups is 1. The summed E-state index contributed by atoms with van der Waals surface area (Å²) in [5.41, 5.74) is 2.25. The number of pyridine rings is 1. The molecule has 1 aromatic rings. The van der Waals surface area contributed by atoms with E-state index in [1.54, 1.807) is 20.1 Å². The Hall–Kier alpha value is -1.62. The summed E-state index contributed by atoms with van der Waals surface area (Å²) in [6.07, 6.45) is 0.905. The van der Waals surface area contributed by atoms with Crippen LogP contribution in [0.3, 0.4) is 0 Å². The molecule has 0 amide bonds. The molecule has 112 valence electrons. The van der Waals surface area contributed by atoms with Crippen LogP contribution in [0.1, 0.15) is 42.0 Å². The van der Waals surface area contributed by atoms with Gasteiger partial charge in [0.1, 0.15) is 5.56 Å². The molecule has 20 heavy (non-hydrogen) atoms. The van der Waals surface area contributed by atoms with Crippen molar-refractivity contribution in [3.05, 3.63) is 23.0 Å². The molecule has 0 radical (unpaired) electrons. The zero-order valence-electron chi connectivity index (χ0n) is 12.9. The average molecular weight is 280 g/mol. The lowest BCUT2D eigenvalue weighted by Gasteiger charge is -2.26. The summed E-state index contributed by atoms with van der Waals surface area (Å²) in [5, 5.41) is 12.6. The van der Waals surface area contributed by atoms with E-state index in [1.165, 1.54) is 0 Å². The number of aryl methyl sites for hydroxylation is 2. The van der Waals surface area contributed by atoms with Gasteiger partial charge in [0.2, 0.25) is 0 Å². The molecule has 0 unspecified atom stereocenters. The van der Waals surface area contributed by atoms with E-state index < -0.39 is 5.97 Å². The molecule has 0 fully saturated rings. The van der Waals surface area contributed by atoms with Gasteiger partial charge in [-0.25, -0.2) is 4.79 Å². The summed E-state index contributed by atoms with van der Waals surface area (Å²) in [7, 11) is 1.68. The number of hydrogen-bond donors (Lipinski definition) is 2. The van der Waals surface area contributed by atoms with Crippen LogP contribution >= 0.6 is 0 Å². The highest BCUT2D eigenvalue weighted by atomic mass is 16.5. The van der Waals surface area contributed by atoms with Gasteiger partial charge in [0.25, 0.3) is 0 Å². The molecule has 1 rings (SSSR count). The monoisotopic (exact) mass is 280 g/mol. The van der Waals surface area contributed by atoms with E-state index in [4.69, 9.17) is 4.74 Å². The highest BCUT2D eigenvalue weighted by Gasteiger charge is 2.20. The number of hydrogen-bond acceptors (Lipinski definition) is 4. The van der Waals surface area contributed by atoms with Gasteiger partial charge in [0, 0.05) is 26.0 Å². The molecule has 0 aromatic carbocycles. The highest BCUT2D eigenvalue weighted by molar-refractivity contribution is 5.95. The smallest absolute Gasteiger partial charge is 0.339 e. The van der Waals surface area contributed by atoms with E-state index in [0.717, 1.165) is 12.1 Å². The van der Waals surface area contributed by atoms with Gasteiger partial charge in [-0.2, -0.15) is 0 Å². The quantitative estimate of drug-likeness (QED) is 0.803. The summed E-state index contributed by atoms with van der Waals surface area (Å²) in [6, 6.07) is 1.78. The lowest BCUT2D eigenvalue weighted by atomic mass is 9.89. The molecule has 0 atom stereocenters. The SMILES string of the molecule is COCCC(C)(C)CNc1cc(C)nc(C)c1C(=O)O. The third kappa shape index (κ3) is 4.49. The lowest BCUT2D eigenvalue weighted by molar-refractivity contribution is 0.0696. The van der Waals surface area contributed by atoms with Crippen molar-refractivity contribution in [3.8, 4) is 0 Å². The molecular formula is C15H24N2O3. The van der Waals surface area contributed by atoms with Gasteiger partial charge in [-0.15, -0.1) is 0 Å². The predicted octanol–water partition coefficient (Wildman–Crippen LogP) is 2.87. The molecule has 0 aliphatic heterocycles. The van der Waals surface area contributed by atoms with Crippen molar-refractivity contribution >= 4 is 11.7 Å². The minimum absolute atomic E-state index is 0.0247. The Bertz CT molecular complexity index is 484. The standard InChI is InChI=1S/C15H24N2O3/c1-10-8-12(13(14(18)19)11(2)17-10)16-9-15(3,4)6-7-20-5/h8H,6-7,9H2,1-5H3,(H,16,17)(H,18,19). The maximum Gasteiger partial charge on any atom is 0.339 e. The van der Waals surface area contributed by atoms with E-state index in [1.807, 2.05) is 6.92 Å². The van der Waals surface area contributed by atoms with Crippen molar-refractivity contribution in [2.24, 2.45) is 5.41 Å². The first-order chi connectivity index (χ1) is 9.26. The van der Waals surface area contributed by atoms with Gasteiger partial charge < -0.3 is 15.2 Å². The number of carboxylic acid groups (broad SMARTS) is 1. The van der Waals surface area contributed by atoms with Crippen molar-refractivity contribution in [2.45, 2.75) is 34.1 Å². The van der Waals surface area contributed by atoms with Gasteiger partial charge in [-0.3, -0.25) is 4.98 Å². The number of methoxy groups -OCH3 is 1. The fraction of sp³-hybridized carbons (Fsp3) is 0.600. The number of anilines is 1. The van der Waals surface area contributed by atoms with Crippen LogP contribution in [0.2, 0.25) is 0 Å². The van der Waals surface area contributed by atoms with Crippen molar-refractivity contribution in [1.29, 1.82) is 0 Å². The molecule has 1 heterocycles. The maximum atomic E-state index is 11.4. The van der Waals surface area contributed by atoms with E-state index in [0.29, 0.717) is 24.5 Å². The Kier molecular flexibility index (Phi) is 5.51. The summed E-state index contributed by atoms with van der Waals surface area (Å²) >= 11 is 0. The first-order valence-electron chi connectivity index (χ1n) is 6.71. The number of aromatic carboxylic acids is 1. The van der Waals surface area contributed by atoms with Gasteiger partial charge in [0.05, 0.1) is 11.4 Å². The molecule has 5 heteroatoms. The van der Waals surface area contributed by atoms with Gasteiger partial charge in [-0.05, 0) is 31.7 Å². The number of ether oxygens (including phenoxy) is 1. The van der Waals surface area contributed by atoms with Crippen LogP contribution in [-0.2, 0) is 4.74 Å². The Balaban J connectivity index is 2.89. The first-order valence-corrected chi connectivity index (χ1v) is 6.71. The number of nitrogens with zero attached hydrogens (tertiary/aromatic N) is 1. The highest BCUT2D eigenvalue weighted by Crippen LogP contribution is 2.24. The predicted molar refractivity (Wildman–Crippen MR) is 79.4 cm³/mol. The molecule has 0 saturated heterocycles. The Morgan fingerprint density at radius 2 is 2.10 bits per heavy atom. The molecule has 0 saturated carbocycles. The van der Waals surface area contributed by atoms with Crippen LogP contribution in [-0.4, -0.2) is 36.3 Å². The van der Waals surface area contributed by atoms with Crippen molar-refractivity contribution in [1.82, 2.24) is 4.98 Å². The molecule has 0 spiro atoms. The largest absolute Gasteiger partial charge is 0.478 e. The number of rotatable bonds is 7. The summed E-state index contributed by atoms with van der Waals surface area (Å²) in [6.45, 7) is 9.20. The zero-order valence-corrected chi connectivity index (χ0v) is 12.9. The van der Waals surface area contributed by atoms with Crippen LogP contribution in [0.5, 0.6) is 0 Å². The van der Waals surface area contributed by atoms with Crippen LogP contribution in [0.25, 0.3) is 0 Å². The average Bonchev–Trinajstić information content (AvgIpc) is 2.32. The normalized spacial score (nSPS) is 11.4. The minimum atomic E-state index is -0.952. The molecule has 0 aliphatic rings. The second-order valence-corrected chi connectivity index (χ2v) is 5.84. The summed E-state index contributed by atoms with van der Waals surface area (Å²) in [4.78, 5) is 15.6. The van der Waals surface area contributed by atoms with Crippen LogP contribution in [0, 0.1) is 19.3 Å². The second kappa shape index (κ2) is 6.70. The Labute approximate surface area is 120 Å². The molecule has 1 aromatic heterocycles. The van der Waals surface area contributed by atoms with Gasteiger partial charge in [-0.1, -0.05) is 13.8 Å². The van der Waals surface area contributed by atoms with Gasteiger partial charge in [0.15, 0.2) is 0 Å². The van der Waals surface area contributed by atoms with Gasteiger partial charge >= 0.3 is 5.97 Å². The van der Waals surface area contributed by atoms with Crippen LogP contribution in [0.15, 0.2) is 6.07 Å². The molecular weight excluding hydrogens is 256 g/mol. The Morgan fingerprint density at radius 3 is 2.65 bits per heavy atom.